The number of rotatable bonds is 9. The first kappa shape index (κ1) is 24.8. The van der Waals surface area contributed by atoms with Gasteiger partial charge in [0.25, 0.3) is 5.91 Å². The van der Waals surface area contributed by atoms with Crippen LogP contribution in [0.25, 0.3) is 21.5 Å². The fourth-order valence-corrected chi connectivity index (χ4v) is 4.47. The molecule has 0 aliphatic heterocycles. The number of hydrogen-bond acceptors (Lipinski definition) is 5. The summed E-state index contributed by atoms with van der Waals surface area (Å²) in [4.78, 5) is 30.3. The first-order valence-corrected chi connectivity index (χ1v) is 12.4. The van der Waals surface area contributed by atoms with E-state index in [2.05, 4.69) is 15.6 Å². The second-order valence-electron chi connectivity index (χ2n) is 9.03. The summed E-state index contributed by atoms with van der Waals surface area (Å²) in [5, 5.41) is 9.79. The molecule has 2 amide bonds. The number of nitrogens with zero attached hydrogens (tertiary/aromatic N) is 1. The Labute approximate surface area is 220 Å². The number of pyridine rings is 1. The quantitative estimate of drug-likeness (QED) is 0.276. The number of benzene rings is 4. The van der Waals surface area contributed by atoms with E-state index in [1.165, 1.54) is 0 Å². The molecule has 1 atom stereocenters. The minimum Gasteiger partial charge on any atom is -0.484 e. The maximum atomic E-state index is 13.4. The highest BCUT2D eigenvalue weighted by Gasteiger charge is 2.22. The fourth-order valence-electron chi connectivity index (χ4n) is 4.47. The number of anilines is 1. The highest BCUT2D eigenvalue weighted by atomic mass is 16.5. The predicted molar refractivity (Wildman–Crippen MR) is 150 cm³/mol. The number of nitrogen functional groups attached to an aromatic ring is 1. The summed E-state index contributed by atoms with van der Waals surface area (Å²) in [5.74, 6) is 0.404. The van der Waals surface area contributed by atoms with Crippen LogP contribution in [0, 0.1) is 0 Å². The van der Waals surface area contributed by atoms with E-state index >= 15 is 0 Å². The molecule has 4 N–H and O–H groups in total. The number of carbonyl (C=O) groups excluding carboxylic acids is 2. The minimum absolute atomic E-state index is 0.191. The Morgan fingerprint density at radius 2 is 1.63 bits per heavy atom. The van der Waals surface area contributed by atoms with E-state index < -0.39 is 6.04 Å². The monoisotopic (exact) mass is 504 g/mol. The van der Waals surface area contributed by atoms with Gasteiger partial charge >= 0.3 is 0 Å². The van der Waals surface area contributed by atoms with Crippen molar-refractivity contribution in [2.45, 2.75) is 19.0 Å². The van der Waals surface area contributed by atoms with E-state index in [4.69, 9.17) is 10.5 Å². The van der Waals surface area contributed by atoms with Crippen LogP contribution in [0.5, 0.6) is 5.75 Å². The van der Waals surface area contributed by atoms with Crippen LogP contribution in [0.2, 0.25) is 0 Å². The van der Waals surface area contributed by atoms with Gasteiger partial charge in [-0.25, -0.2) is 4.98 Å². The van der Waals surface area contributed by atoms with E-state index in [9.17, 15) is 9.59 Å². The summed E-state index contributed by atoms with van der Waals surface area (Å²) >= 11 is 0. The molecule has 4 aromatic carbocycles. The lowest BCUT2D eigenvalue weighted by atomic mass is 9.98. The average molecular weight is 505 g/mol. The largest absolute Gasteiger partial charge is 0.484 e. The van der Waals surface area contributed by atoms with E-state index in [1.54, 1.807) is 18.3 Å². The first-order chi connectivity index (χ1) is 18.6. The lowest BCUT2D eigenvalue weighted by Gasteiger charge is -2.20. The van der Waals surface area contributed by atoms with Gasteiger partial charge < -0.3 is 21.1 Å². The zero-order valence-electron chi connectivity index (χ0n) is 20.8. The van der Waals surface area contributed by atoms with Crippen molar-refractivity contribution >= 4 is 39.2 Å². The molecule has 0 aliphatic carbocycles. The summed E-state index contributed by atoms with van der Waals surface area (Å²) in [6.07, 6.45) is 2.00. The number of nitrogens with one attached hydrogen (secondary N) is 2. The van der Waals surface area contributed by atoms with Crippen LogP contribution in [0.3, 0.4) is 0 Å². The molecule has 1 unspecified atom stereocenters. The van der Waals surface area contributed by atoms with E-state index in [0.29, 0.717) is 24.5 Å². The van der Waals surface area contributed by atoms with Gasteiger partial charge in [-0.1, -0.05) is 72.8 Å². The Hall–Kier alpha value is -4.91. The third kappa shape index (κ3) is 5.90. The number of amides is 2. The Balaban J connectivity index is 1.32. The normalized spacial score (nSPS) is 11.7. The van der Waals surface area contributed by atoms with Gasteiger partial charge in [0.05, 0.1) is 0 Å². The molecule has 0 aliphatic rings. The Morgan fingerprint density at radius 3 is 2.50 bits per heavy atom. The molecule has 7 nitrogen and oxygen atoms in total. The number of ether oxygens (including phenoxy) is 1. The summed E-state index contributed by atoms with van der Waals surface area (Å²) in [5.41, 5.74) is 7.85. The molecular formula is C31H28N4O3. The molecule has 190 valence electrons. The van der Waals surface area contributed by atoms with E-state index in [1.807, 2.05) is 84.9 Å². The topological polar surface area (TPSA) is 106 Å². The summed E-state index contributed by atoms with van der Waals surface area (Å²) in [7, 11) is 0. The number of nitrogens with two attached hydrogens (primary N) is 1. The highest BCUT2D eigenvalue weighted by Crippen LogP contribution is 2.21. The molecule has 7 heteroatoms. The molecule has 38 heavy (non-hydrogen) atoms. The molecule has 0 bridgehead atoms. The van der Waals surface area contributed by atoms with Crippen LogP contribution >= 0.6 is 0 Å². The van der Waals surface area contributed by atoms with Crippen molar-refractivity contribution in [1.29, 1.82) is 0 Å². The summed E-state index contributed by atoms with van der Waals surface area (Å²) < 4.78 is 5.59. The van der Waals surface area contributed by atoms with Gasteiger partial charge in [-0.05, 0) is 51.6 Å². The van der Waals surface area contributed by atoms with Crippen LogP contribution in [-0.2, 0) is 22.6 Å². The van der Waals surface area contributed by atoms with Crippen LogP contribution in [0.1, 0.15) is 11.1 Å². The number of hydrogen-bond donors (Lipinski definition) is 3. The molecular weight excluding hydrogens is 476 g/mol. The molecule has 0 saturated heterocycles. The number of para-hydroxylation sites is 1. The second-order valence-corrected chi connectivity index (χ2v) is 9.03. The standard InChI is InChI=1S/C31H28N4O3/c32-30-27-14-13-21(17-24(27)15-16-33-30)19-34-31(37)28(35-29(36)20-38-25-10-2-1-3-11-25)18-23-9-6-8-22-7-4-5-12-26(22)23/h1-17,28H,18-20H2,(H2,32,33)(H,34,37)(H,35,36). The predicted octanol–water partition coefficient (Wildman–Crippen LogP) is 4.39. The Kier molecular flexibility index (Phi) is 7.45. The third-order valence-electron chi connectivity index (χ3n) is 6.40. The third-order valence-corrected chi connectivity index (χ3v) is 6.40. The highest BCUT2D eigenvalue weighted by molar-refractivity contribution is 5.92. The van der Waals surface area contributed by atoms with Crippen molar-refractivity contribution in [2.75, 3.05) is 12.3 Å². The van der Waals surface area contributed by atoms with Crippen LogP contribution in [-0.4, -0.2) is 29.4 Å². The average Bonchev–Trinajstić information content (AvgIpc) is 2.95. The molecule has 1 heterocycles. The van der Waals surface area contributed by atoms with Crippen molar-refractivity contribution in [3.63, 3.8) is 0 Å². The fraction of sp³-hybridized carbons (Fsp3) is 0.129. The SMILES string of the molecule is Nc1nccc2cc(CNC(=O)C(Cc3cccc4ccccc34)NC(=O)COc3ccccc3)ccc12. The maximum absolute atomic E-state index is 13.4. The van der Waals surface area contributed by atoms with Gasteiger partial charge in [-0.15, -0.1) is 0 Å². The van der Waals surface area contributed by atoms with Crippen molar-refractivity contribution in [1.82, 2.24) is 15.6 Å². The van der Waals surface area contributed by atoms with Gasteiger partial charge in [0.2, 0.25) is 5.91 Å². The van der Waals surface area contributed by atoms with E-state index in [0.717, 1.165) is 32.7 Å². The van der Waals surface area contributed by atoms with Crippen LogP contribution in [0.15, 0.2) is 103 Å². The van der Waals surface area contributed by atoms with Crippen molar-refractivity contribution in [3.05, 3.63) is 114 Å². The molecule has 5 aromatic rings. The van der Waals surface area contributed by atoms with Crippen LogP contribution < -0.4 is 21.1 Å². The lowest BCUT2D eigenvalue weighted by Crippen LogP contribution is -2.49. The second kappa shape index (κ2) is 11.4. The zero-order chi connectivity index (χ0) is 26.3. The summed E-state index contributed by atoms with van der Waals surface area (Å²) in [6, 6.07) is 30.0. The van der Waals surface area contributed by atoms with Crippen LogP contribution in [0.4, 0.5) is 5.82 Å². The lowest BCUT2D eigenvalue weighted by molar-refractivity contribution is -0.130. The van der Waals surface area contributed by atoms with Crippen molar-refractivity contribution < 1.29 is 14.3 Å². The zero-order valence-corrected chi connectivity index (χ0v) is 20.8. The maximum Gasteiger partial charge on any atom is 0.258 e. The molecule has 0 spiro atoms. The molecule has 0 fully saturated rings. The molecule has 0 saturated carbocycles. The summed E-state index contributed by atoms with van der Waals surface area (Å²) in [6.45, 7) is 0.114. The molecule has 1 aromatic heterocycles. The van der Waals surface area contributed by atoms with E-state index in [-0.39, 0.29) is 18.4 Å². The number of carbonyl (C=O) groups is 2. The minimum atomic E-state index is -0.784. The van der Waals surface area contributed by atoms with Gasteiger partial charge in [0.15, 0.2) is 6.61 Å². The first-order valence-electron chi connectivity index (χ1n) is 12.4. The molecule has 5 rings (SSSR count). The Bertz CT molecular complexity index is 1580. The van der Waals surface area contributed by atoms with Gasteiger partial charge in [0, 0.05) is 24.5 Å². The van der Waals surface area contributed by atoms with Crippen molar-refractivity contribution in [2.24, 2.45) is 0 Å². The molecule has 0 radical (unpaired) electrons. The number of aromatic nitrogens is 1. The van der Waals surface area contributed by atoms with Gasteiger partial charge in [-0.2, -0.15) is 0 Å². The number of fused-ring (bicyclic) bond motifs is 2. The van der Waals surface area contributed by atoms with Gasteiger partial charge in [-0.3, -0.25) is 9.59 Å². The van der Waals surface area contributed by atoms with Crippen molar-refractivity contribution in [3.8, 4) is 5.75 Å². The Morgan fingerprint density at radius 1 is 0.842 bits per heavy atom. The smallest absolute Gasteiger partial charge is 0.258 e. The van der Waals surface area contributed by atoms with Gasteiger partial charge in [0.1, 0.15) is 17.6 Å².